The van der Waals surface area contributed by atoms with Crippen LogP contribution in [0.25, 0.3) is 20.7 Å². The van der Waals surface area contributed by atoms with Crippen LogP contribution in [0, 0.1) is 5.92 Å². The van der Waals surface area contributed by atoms with Crippen molar-refractivity contribution in [1.29, 1.82) is 0 Å². The van der Waals surface area contributed by atoms with Gasteiger partial charge in [-0.25, -0.2) is 9.97 Å². The molecular formula is C20H23N3O2S2. The Labute approximate surface area is 166 Å². The molecule has 5 nitrogen and oxygen atoms in total. The lowest BCUT2D eigenvalue weighted by Crippen LogP contribution is -2.25. The molecule has 4 rings (SSSR count). The molecule has 0 aliphatic carbocycles. The fraction of sp³-hybridized carbons (Fsp3) is 0.450. The number of nitrogens with one attached hydrogen (secondary N) is 1. The highest BCUT2D eigenvalue weighted by Gasteiger charge is 2.28. The van der Waals surface area contributed by atoms with E-state index in [1.54, 1.807) is 22.7 Å². The van der Waals surface area contributed by atoms with Crippen molar-refractivity contribution in [2.75, 3.05) is 6.54 Å². The summed E-state index contributed by atoms with van der Waals surface area (Å²) in [5.74, 6) is 1.13. The Morgan fingerprint density at radius 1 is 1.30 bits per heavy atom. The molecule has 3 heterocycles. The number of benzene rings is 1. The summed E-state index contributed by atoms with van der Waals surface area (Å²) in [4.78, 5) is 21.7. The third-order valence-corrected chi connectivity index (χ3v) is 7.14. The first-order valence-electron chi connectivity index (χ1n) is 9.08. The minimum atomic E-state index is -0.0453. The lowest BCUT2D eigenvalue weighted by molar-refractivity contribution is -0.119. The molecule has 1 amide bonds. The highest BCUT2D eigenvalue weighted by atomic mass is 32.1. The highest BCUT2D eigenvalue weighted by Crippen LogP contribution is 2.39. The van der Waals surface area contributed by atoms with Crippen molar-refractivity contribution in [2.45, 2.75) is 45.6 Å². The number of rotatable bonds is 4. The number of nitrogens with zero attached hydrogens (tertiary/aromatic N) is 2. The maximum atomic E-state index is 11.5. The summed E-state index contributed by atoms with van der Waals surface area (Å²) in [6.07, 6.45) is 2.42. The molecule has 0 radical (unpaired) electrons. The van der Waals surface area contributed by atoms with Crippen LogP contribution in [0.1, 0.15) is 39.1 Å². The van der Waals surface area contributed by atoms with Gasteiger partial charge < -0.3 is 10.1 Å². The molecule has 7 heteroatoms. The van der Waals surface area contributed by atoms with Gasteiger partial charge in [-0.15, -0.1) is 22.7 Å². The molecular weight excluding hydrogens is 378 g/mol. The number of fused-ring (bicyclic) bond motifs is 1. The van der Waals surface area contributed by atoms with E-state index in [9.17, 15) is 4.79 Å². The second-order valence-corrected chi connectivity index (χ2v) is 9.93. The largest absolute Gasteiger partial charge is 0.489 e. The average molecular weight is 402 g/mol. The van der Waals surface area contributed by atoms with E-state index in [1.807, 2.05) is 18.6 Å². The number of carbonyl (C=O) groups is 1. The van der Waals surface area contributed by atoms with Crippen molar-refractivity contribution >= 4 is 38.8 Å². The Morgan fingerprint density at radius 2 is 2.11 bits per heavy atom. The van der Waals surface area contributed by atoms with E-state index >= 15 is 0 Å². The first kappa shape index (κ1) is 18.4. The van der Waals surface area contributed by atoms with Gasteiger partial charge in [-0.2, -0.15) is 0 Å². The number of carbonyl (C=O) groups excluding carboxylic acids is 1. The molecule has 0 saturated carbocycles. The van der Waals surface area contributed by atoms with Gasteiger partial charge in [0.05, 0.1) is 25.6 Å². The second-order valence-electron chi connectivity index (χ2n) is 8.05. The Balaban J connectivity index is 1.67. The summed E-state index contributed by atoms with van der Waals surface area (Å²) >= 11 is 3.29. The molecule has 2 aromatic heterocycles. The van der Waals surface area contributed by atoms with Crippen molar-refractivity contribution in [3.05, 3.63) is 28.8 Å². The van der Waals surface area contributed by atoms with Gasteiger partial charge in [0.15, 0.2) is 0 Å². The Kier molecular flexibility index (Phi) is 4.68. The summed E-state index contributed by atoms with van der Waals surface area (Å²) in [7, 11) is 0. The van der Waals surface area contributed by atoms with Gasteiger partial charge in [0.25, 0.3) is 0 Å². The van der Waals surface area contributed by atoms with E-state index in [-0.39, 0.29) is 23.3 Å². The van der Waals surface area contributed by atoms with Crippen molar-refractivity contribution in [1.82, 2.24) is 15.3 Å². The van der Waals surface area contributed by atoms with Gasteiger partial charge in [-0.1, -0.05) is 20.8 Å². The summed E-state index contributed by atoms with van der Waals surface area (Å²) in [6.45, 7) is 9.23. The standard InChI is InChI=1S/C20H23N3O2S2/c1-11(13-7-17(24)21-8-13)25-15-6-12(5-14-18(15)26-10-23-14)16-9-22-19(27-16)20(2,3)4/h5-6,9-11,13H,7-8H2,1-4H3,(H,21,24)/t11-,13-/m0/s1. The molecule has 27 heavy (non-hydrogen) atoms. The van der Waals surface area contributed by atoms with E-state index in [0.717, 1.165) is 31.4 Å². The molecule has 1 N–H and O–H groups in total. The Bertz CT molecular complexity index is 987. The summed E-state index contributed by atoms with van der Waals surface area (Å²) in [5, 5.41) is 4.00. The van der Waals surface area contributed by atoms with Crippen LogP contribution in [0.15, 0.2) is 23.8 Å². The molecule has 1 saturated heterocycles. The van der Waals surface area contributed by atoms with Crippen LogP contribution in [-0.4, -0.2) is 28.5 Å². The van der Waals surface area contributed by atoms with Crippen molar-refractivity contribution in [3.8, 4) is 16.2 Å². The van der Waals surface area contributed by atoms with Crippen molar-refractivity contribution in [3.63, 3.8) is 0 Å². The first-order valence-corrected chi connectivity index (χ1v) is 10.8. The average Bonchev–Trinajstić information content (AvgIpc) is 3.33. The third-order valence-electron chi connectivity index (χ3n) is 4.82. The maximum absolute atomic E-state index is 11.5. The minimum Gasteiger partial charge on any atom is -0.489 e. The minimum absolute atomic E-state index is 0.0313. The fourth-order valence-corrected chi connectivity index (χ4v) is 4.87. The smallest absolute Gasteiger partial charge is 0.220 e. The lowest BCUT2D eigenvalue weighted by atomic mass is 9.98. The van der Waals surface area contributed by atoms with Gasteiger partial charge in [0.2, 0.25) is 5.91 Å². The van der Waals surface area contributed by atoms with E-state index in [0.29, 0.717) is 13.0 Å². The molecule has 0 spiro atoms. The van der Waals surface area contributed by atoms with Gasteiger partial charge in [-0.3, -0.25) is 4.79 Å². The van der Waals surface area contributed by atoms with Crippen molar-refractivity contribution < 1.29 is 9.53 Å². The van der Waals surface area contributed by atoms with Crippen LogP contribution in [0.3, 0.4) is 0 Å². The van der Waals surface area contributed by atoms with E-state index in [4.69, 9.17) is 4.74 Å². The predicted octanol–water partition coefficient (Wildman–Crippen LogP) is 4.62. The van der Waals surface area contributed by atoms with Gasteiger partial charge in [-0.05, 0) is 24.6 Å². The van der Waals surface area contributed by atoms with E-state index < -0.39 is 0 Å². The fourth-order valence-electron chi connectivity index (χ4n) is 3.18. The highest BCUT2D eigenvalue weighted by molar-refractivity contribution is 7.17. The quantitative estimate of drug-likeness (QED) is 0.693. The molecule has 0 unspecified atom stereocenters. The summed E-state index contributed by atoms with van der Waals surface area (Å²) in [6, 6.07) is 4.19. The SMILES string of the molecule is C[C@H](Oc1cc(-c2cnc(C(C)(C)C)s2)cc2ncsc12)[C@@H]1CNC(=O)C1. The molecule has 1 aliphatic heterocycles. The predicted molar refractivity (Wildman–Crippen MR) is 111 cm³/mol. The molecule has 0 bridgehead atoms. The summed E-state index contributed by atoms with van der Waals surface area (Å²) < 4.78 is 7.36. The number of thiazole rings is 2. The monoisotopic (exact) mass is 401 g/mol. The van der Waals surface area contributed by atoms with Crippen LogP contribution in [0.5, 0.6) is 5.75 Å². The second kappa shape index (κ2) is 6.87. The Hall–Kier alpha value is -1.99. The lowest BCUT2D eigenvalue weighted by Gasteiger charge is -2.20. The normalized spacial score (nSPS) is 18.7. The number of amides is 1. The van der Waals surface area contributed by atoms with Crippen LogP contribution < -0.4 is 10.1 Å². The molecule has 3 aromatic rings. The number of hydrogen-bond donors (Lipinski definition) is 1. The van der Waals surface area contributed by atoms with Crippen LogP contribution >= 0.6 is 22.7 Å². The van der Waals surface area contributed by atoms with Gasteiger partial charge >= 0.3 is 0 Å². The first-order chi connectivity index (χ1) is 12.8. The van der Waals surface area contributed by atoms with E-state index in [2.05, 4.69) is 48.2 Å². The topological polar surface area (TPSA) is 64.1 Å². The third kappa shape index (κ3) is 3.71. The number of aromatic nitrogens is 2. The zero-order valence-electron chi connectivity index (χ0n) is 15.9. The molecule has 1 fully saturated rings. The van der Waals surface area contributed by atoms with E-state index in [1.165, 1.54) is 0 Å². The number of hydrogen-bond acceptors (Lipinski definition) is 6. The van der Waals surface area contributed by atoms with Crippen molar-refractivity contribution in [2.24, 2.45) is 5.92 Å². The van der Waals surface area contributed by atoms with Crippen LogP contribution in [0.4, 0.5) is 0 Å². The Morgan fingerprint density at radius 3 is 2.78 bits per heavy atom. The molecule has 1 aliphatic rings. The molecule has 1 aromatic carbocycles. The van der Waals surface area contributed by atoms with Gasteiger partial charge in [0.1, 0.15) is 11.9 Å². The zero-order valence-corrected chi connectivity index (χ0v) is 17.5. The summed E-state index contributed by atoms with van der Waals surface area (Å²) in [5.41, 5.74) is 3.89. The maximum Gasteiger partial charge on any atom is 0.220 e. The van der Waals surface area contributed by atoms with Crippen LogP contribution in [0.2, 0.25) is 0 Å². The molecule has 142 valence electrons. The number of ether oxygens (including phenoxy) is 1. The van der Waals surface area contributed by atoms with Crippen LogP contribution in [-0.2, 0) is 10.2 Å². The zero-order chi connectivity index (χ0) is 19.2. The van der Waals surface area contributed by atoms with Gasteiger partial charge in [0, 0.05) is 30.5 Å². The molecule has 2 atom stereocenters.